The van der Waals surface area contributed by atoms with Crippen LogP contribution in [0.2, 0.25) is 0 Å². The predicted octanol–water partition coefficient (Wildman–Crippen LogP) is 13.5. The minimum Gasteiger partial charge on any atom is -0.453 e. The van der Waals surface area contributed by atoms with Gasteiger partial charge in [0.2, 0.25) is 0 Å². The van der Waals surface area contributed by atoms with Crippen LogP contribution in [0.15, 0.2) is 210 Å². The number of para-hydroxylation sites is 7. The molecule has 0 fully saturated rings. The van der Waals surface area contributed by atoms with Crippen molar-refractivity contribution >= 4 is 72.4 Å². The molecule has 0 N–H and O–H groups in total. The third-order valence-electron chi connectivity index (χ3n) is 11.9. The van der Waals surface area contributed by atoms with Gasteiger partial charge >= 0.3 is 0 Å². The molecular weight excluding hydrogens is 769 g/mol. The lowest BCUT2D eigenvalue weighted by Gasteiger charge is -2.31. The Bertz CT molecular complexity index is 3330. The first-order valence-electron chi connectivity index (χ1n) is 20.4. The summed E-state index contributed by atoms with van der Waals surface area (Å²) in [6, 6.07) is 62.2. The third kappa shape index (κ3) is 5.77. The summed E-state index contributed by atoms with van der Waals surface area (Å²) in [6.45, 7) is 0. The van der Waals surface area contributed by atoms with Crippen molar-refractivity contribution in [2.45, 2.75) is 16.2 Å². The lowest BCUT2D eigenvalue weighted by atomic mass is 10.0. The summed E-state index contributed by atoms with van der Waals surface area (Å²) in [4.78, 5) is 8.71. The molecule has 0 saturated heterocycles. The standard InChI is InChI=1S/C54H36N4O2S/c59-61(40-29-25-38(26-30-40)56-46-16-4-1-13-42(46)43-14-2-5-17-47(43)56)41-31-27-39(28-32-41)57-48-18-6-3-15-44(48)45-34-36(12-11-21-49(45)57)37-24-33-54(55-35-37)58-50-19-7-9-22-52(50)60-53-23-10-8-20-51(53)58/h1-20,22-35H,21H2. The highest BCUT2D eigenvalue weighted by Crippen LogP contribution is 2.49. The fourth-order valence-electron chi connectivity index (χ4n) is 9.07. The minimum absolute atomic E-state index is 0.753. The molecule has 0 amide bonds. The molecule has 3 aromatic heterocycles. The summed E-state index contributed by atoms with van der Waals surface area (Å²) in [6.07, 6.45) is 9.45. The number of hydrogen-bond donors (Lipinski definition) is 0. The quantitative estimate of drug-likeness (QED) is 0.168. The molecule has 1 unspecified atom stereocenters. The zero-order valence-electron chi connectivity index (χ0n) is 32.9. The molecule has 2 aliphatic rings. The van der Waals surface area contributed by atoms with E-state index in [2.05, 4.69) is 154 Å². The van der Waals surface area contributed by atoms with Gasteiger partial charge in [-0.15, -0.1) is 0 Å². The summed E-state index contributed by atoms with van der Waals surface area (Å²) < 4.78 is 24.9. The number of benzene rings is 7. The first-order chi connectivity index (χ1) is 30.2. The Morgan fingerprint density at radius 1 is 0.525 bits per heavy atom. The number of fused-ring (bicyclic) bond motifs is 8. The second-order valence-corrected chi connectivity index (χ2v) is 16.8. The van der Waals surface area contributed by atoms with Crippen molar-refractivity contribution < 1.29 is 8.95 Å². The van der Waals surface area contributed by atoms with Gasteiger partial charge in [0.05, 0.1) is 38.7 Å². The molecule has 10 aromatic rings. The number of anilines is 3. The van der Waals surface area contributed by atoms with E-state index in [1.54, 1.807) is 0 Å². The number of ether oxygens (including phenoxy) is 1. The van der Waals surface area contributed by atoms with Crippen LogP contribution in [-0.2, 0) is 17.2 Å². The van der Waals surface area contributed by atoms with Gasteiger partial charge in [0, 0.05) is 66.8 Å². The highest BCUT2D eigenvalue weighted by atomic mass is 32.2. The Balaban J connectivity index is 0.850. The number of pyridine rings is 1. The van der Waals surface area contributed by atoms with Gasteiger partial charge in [-0.3, -0.25) is 4.90 Å². The SMILES string of the molecule is O=S(c1ccc(-n2c3c(c4ccccc42)C=C(c2ccc(N4c5ccccc5Oc5ccccc54)nc2)C=CC3)cc1)c1ccc(-n2c3ccccc3c3ccccc32)cc1. The van der Waals surface area contributed by atoms with Crippen LogP contribution >= 0.6 is 0 Å². The van der Waals surface area contributed by atoms with E-state index >= 15 is 0 Å². The van der Waals surface area contributed by atoms with E-state index in [9.17, 15) is 4.21 Å². The van der Waals surface area contributed by atoms with Crippen molar-refractivity contribution in [2.75, 3.05) is 4.90 Å². The summed E-state index contributed by atoms with van der Waals surface area (Å²) in [5, 5.41) is 3.62. The number of hydrogen-bond acceptors (Lipinski definition) is 4. The summed E-state index contributed by atoms with van der Waals surface area (Å²) in [5.74, 6) is 2.42. The summed E-state index contributed by atoms with van der Waals surface area (Å²) >= 11 is 0. The maximum Gasteiger partial charge on any atom is 0.151 e. The lowest BCUT2D eigenvalue weighted by Crippen LogP contribution is -2.16. The van der Waals surface area contributed by atoms with Crippen molar-refractivity contribution in [2.24, 2.45) is 0 Å². The van der Waals surface area contributed by atoms with Gasteiger partial charge in [0.15, 0.2) is 11.5 Å². The van der Waals surface area contributed by atoms with E-state index in [0.717, 1.165) is 84.0 Å². The zero-order valence-corrected chi connectivity index (χ0v) is 33.7. The van der Waals surface area contributed by atoms with Crippen LogP contribution in [0, 0.1) is 0 Å². The summed E-state index contributed by atoms with van der Waals surface area (Å²) in [5.41, 5.74) is 11.9. The van der Waals surface area contributed by atoms with Gasteiger partial charge in [-0.25, -0.2) is 9.19 Å². The molecule has 6 nitrogen and oxygen atoms in total. The van der Waals surface area contributed by atoms with E-state index in [0.29, 0.717) is 0 Å². The van der Waals surface area contributed by atoms with Gasteiger partial charge in [0.25, 0.3) is 0 Å². The molecule has 1 aliphatic carbocycles. The molecule has 7 aromatic carbocycles. The zero-order chi connectivity index (χ0) is 40.4. The Hall–Kier alpha value is -7.74. The van der Waals surface area contributed by atoms with Crippen LogP contribution in [0.4, 0.5) is 17.2 Å². The van der Waals surface area contributed by atoms with E-state index in [4.69, 9.17) is 9.72 Å². The number of nitrogens with zero attached hydrogens (tertiary/aromatic N) is 4. The largest absolute Gasteiger partial charge is 0.453 e. The molecule has 7 heteroatoms. The highest BCUT2D eigenvalue weighted by molar-refractivity contribution is 7.85. The maximum absolute atomic E-state index is 14.0. The van der Waals surface area contributed by atoms with Crippen LogP contribution in [0.3, 0.4) is 0 Å². The summed E-state index contributed by atoms with van der Waals surface area (Å²) in [7, 11) is -1.35. The normalized spacial score (nSPS) is 13.6. The Kier molecular flexibility index (Phi) is 8.21. The molecule has 4 heterocycles. The third-order valence-corrected chi connectivity index (χ3v) is 13.3. The smallest absolute Gasteiger partial charge is 0.151 e. The number of aromatic nitrogens is 3. The van der Waals surface area contributed by atoms with Crippen LogP contribution in [0.1, 0.15) is 16.8 Å². The van der Waals surface area contributed by atoms with Crippen LogP contribution in [-0.4, -0.2) is 18.3 Å². The molecule has 1 aliphatic heterocycles. The predicted molar refractivity (Wildman–Crippen MR) is 248 cm³/mol. The molecule has 0 saturated carbocycles. The molecular formula is C54H36N4O2S. The average molecular weight is 805 g/mol. The van der Waals surface area contributed by atoms with E-state index in [1.807, 2.05) is 66.9 Å². The van der Waals surface area contributed by atoms with Gasteiger partial charge in [-0.05, 0) is 115 Å². The molecule has 0 bridgehead atoms. The lowest BCUT2D eigenvalue weighted by molar-refractivity contribution is 0.476. The van der Waals surface area contributed by atoms with Gasteiger partial charge in [0.1, 0.15) is 5.82 Å². The van der Waals surface area contributed by atoms with E-state index in [1.165, 1.54) is 27.4 Å². The first-order valence-corrected chi connectivity index (χ1v) is 21.6. The van der Waals surface area contributed by atoms with Gasteiger partial charge < -0.3 is 13.9 Å². The fourth-order valence-corrected chi connectivity index (χ4v) is 10.1. The maximum atomic E-state index is 14.0. The molecule has 1 atom stereocenters. The monoisotopic (exact) mass is 804 g/mol. The van der Waals surface area contributed by atoms with Gasteiger partial charge in [-0.1, -0.05) is 91.0 Å². The number of allylic oxidation sites excluding steroid dienone is 3. The Morgan fingerprint density at radius 3 is 1.64 bits per heavy atom. The Labute approximate surface area is 355 Å². The van der Waals surface area contributed by atoms with E-state index < -0.39 is 10.8 Å². The second-order valence-electron chi connectivity index (χ2n) is 15.3. The fraction of sp³-hybridized carbons (Fsp3) is 0.0185. The Morgan fingerprint density at radius 2 is 1.05 bits per heavy atom. The minimum atomic E-state index is -1.35. The molecule has 0 radical (unpaired) electrons. The van der Waals surface area contributed by atoms with Crippen LogP contribution < -0.4 is 9.64 Å². The number of rotatable bonds is 6. The average Bonchev–Trinajstić information content (AvgIpc) is 3.72. The van der Waals surface area contributed by atoms with Crippen molar-refractivity contribution in [1.29, 1.82) is 0 Å². The molecule has 61 heavy (non-hydrogen) atoms. The van der Waals surface area contributed by atoms with Crippen molar-refractivity contribution in [3.63, 3.8) is 0 Å². The van der Waals surface area contributed by atoms with Gasteiger partial charge in [-0.2, -0.15) is 0 Å². The van der Waals surface area contributed by atoms with Crippen molar-refractivity contribution in [3.05, 3.63) is 217 Å². The molecule has 0 spiro atoms. The molecule has 12 rings (SSSR count). The first kappa shape index (κ1) is 35.2. The van der Waals surface area contributed by atoms with E-state index in [-0.39, 0.29) is 0 Å². The second kappa shape index (κ2) is 14.2. The van der Waals surface area contributed by atoms with Crippen molar-refractivity contribution in [3.8, 4) is 22.9 Å². The topological polar surface area (TPSA) is 52.3 Å². The highest BCUT2D eigenvalue weighted by Gasteiger charge is 2.26. The van der Waals surface area contributed by atoms with Crippen LogP contribution in [0.5, 0.6) is 11.5 Å². The molecule has 290 valence electrons. The van der Waals surface area contributed by atoms with Crippen LogP contribution in [0.25, 0.3) is 55.7 Å². The van der Waals surface area contributed by atoms with Crippen molar-refractivity contribution in [1.82, 2.24) is 14.1 Å².